The number of benzene rings is 2. The van der Waals surface area contributed by atoms with E-state index in [-0.39, 0.29) is 22.6 Å². The van der Waals surface area contributed by atoms with Gasteiger partial charge in [-0.1, -0.05) is 72.0 Å². The standard InChI is InChI=1S/C30H23N3O4S2/c1-3-16-32-20-14-9-8-13-19(20)22(27(32)34)26-28(35)33-25(21-15-10-17-38-21)23(29(36)37-4-2)24(31-30(33)39-26)18-11-6-5-7-12-18/h3,5-15,17,25H,1,4,16H2,2H3/b26-22+/t25-/m1/s1. The third-order valence-electron chi connectivity index (χ3n) is 6.62. The molecule has 0 fully saturated rings. The van der Waals surface area contributed by atoms with E-state index in [1.807, 2.05) is 72.1 Å². The van der Waals surface area contributed by atoms with E-state index in [1.165, 1.54) is 15.9 Å². The van der Waals surface area contributed by atoms with E-state index in [2.05, 4.69) is 6.58 Å². The summed E-state index contributed by atoms with van der Waals surface area (Å²) in [7, 11) is 0. The molecule has 0 unspecified atom stereocenters. The second-order valence-corrected chi connectivity index (χ2v) is 10.8. The number of para-hydroxylation sites is 1. The molecule has 194 valence electrons. The summed E-state index contributed by atoms with van der Waals surface area (Å²) >= 11 is 2.61. The molecule has 0 saturated heterocycles. The molecule has 1 amide bonds. The molecule has 9 heteroatoms. The van der Waals surface area contributed by atoms with Crippen molar-refractivity contribution in [1.82, 2.24) is 4.57 Å². The first-order valence-electron chi connectivity index (χ1n) is 12.4. The summed E-state index contributed by atoms with van der Waals surface area (Å²) in [5.41, 5.74) is 2.87. The number of aromatic nitrogens is 1. The highest BCUT2D eigenvalue weighted by atomic mass is 32.1. The van der Waals surface area contributed by atoms with E-state index < -0.39 is 12.0 Å². The van der Waals surface area contributed by atoms with Crippen molar-refractivity contribution in [2.45, 2.75) is 13.0 Å². The maximum Gasteiger partial charge on any atom is 0.338 e. The van der Waals surface area contributed by atoms with Crippen LogP contribution in [0.1, 0.15) is 29.0 Å². The molecule has 0 N–H and O–H groups in total. The van der Waals surface area contributed by atoms with E-state index >= 15 is 0 Å². The van der Waals surface area contributed by atoms with Gasteiger partial charge < -0.3 is 9.64 Å². The molecule has 0 saturated carbocycles. The first-order chi connectivity index (χ1) is 19.0. The van der Waals surface area contributed by atoms with Gasteiger partial charge in [-0.25, -0.2) is 9.79 Å². The maximum absolute atomic E-state index is 14.2. The second-order valence-electron chi connectivity index (χ2n) is 8.86. The van der Waals surface area contributed by atoms with Crippen LogP contribution in [-0.4, -0.2) is 29.6 Å². The Bertz CT molecular complexity index is 1830. The average Bonchev–Trinajstić information content (AvgIpc) is 3.66. The maximum atomic E-state index is 14.2. The molecule has 0 bridgehead atoms. The van der Waals surface area contributed by atoms with Crippen LogP contribution in [-0.2, 0) is 14.3 Å². The molecule has 2 aliphatic rings. The first kappa shape index (κ1) is 25.0. The number of carbonyl (C=O) groups excluding carboxylic acids is 2. The van der Waals surface area contributed by atoms with Crippen LogP contribution in [0.3, 0.4) is 0 Å². The normalized spacial score (nSPS) is 17.5. The summed E-state index contributed by atoms with van der Waals surface area (Å²) in [6.07, 6.45) is 1.66. The number of ether oxygens (including phenoxy) is 1. The molecule has 4 heterocycles. The van der Waals surface area contributed by atoms with Crippen LogP contribution in [0.2, 0.25) is 0 Å². The van der Waals surface area contributed by atoms with Crippen molar-refractivity contribution in [3.63, 3.8) is 0 Å². The minimum absolute atomic E-state index is 0.181. The predicted molar refractivity (Wildman–Crippen MR) is 153 cm³/mol. The van der Waals surface area contributed by atoms with Crippen molar-refractivity contribution in [1.29, 1.82) is 0 Å². The molecule has 6 rings (SSSR count). The third-order valence-corrected chi connectivity index (χ3v) is 8.60. The molecule has 0 spiro atoms. The predicted octanol–water partition coefficient (Wildman–Crippen LogP) is 3.90. The van der Waals surface area contributed by atoms with Crippen LogP contribution in [0.5, 0.6) is 0 Å². The van der Waals surface area contributed by atoms with Crippen LogP contribution in [0.25, 0.3) is 11.3 Å². The Morgan fingerprint density at radius 2 is 1.85 bits per heavy atom. The van der Waals surface area contributed by atoms with Crippen LogP contribution in [0, 0.1) is 0 Å². The molecule has 0 aliphatic carbocycles. The molecule has 0 radical (unpaired) electrons. The Morgan fingerprint density at radius 3 is 2.56 bits per heavy atom. The smallest absolute Gasteiger partial charge is 0.338 e. The van der Waals surface area contributed by atoms with Crippen molar-refractivity contribution in [2.24, 2.45) is 4.99 Å². The zero-order valence-corrected chi connectivity index (χ0v) is 22.6. The Labute approximate surface area is 232 Å². The fraction of sp³-hybridized carbons (Fsp3) is 0.133. The van der Waals surface area contributed by atoms with Crippen molar-refractivity contribution in [3.8, 4) is 0 Å². The number of anilines is 1. The minimum atomic E-state index is -0.749. The lowest BCUT2D eigenvalue weighted by molar-refractivity contribution is -0.138. The van der Waals surface area contributed by atoms with Crippen LogP contribution >= 0.6 is 22.7 Å². The van der Waals surface area contributed by atoms with Gasteiger partial charge >= 0.3 is 5.97 Å². The van der Waals surface area contributed by atoms with Gasteiger partial charge in [-0.05, 0) is 24.4 Å². The Kier molecular flexibility index (Phi) is 6.46. The fourth-order valence-corrected chi connectivity index (χ4v) is 6.93. The van der Waals surface area contributed by atoms with Crippen LogP contribution in [0.15, 0.2) is 100 Å². The number of nitrogens with zero attached hydrogens (tertiary/aromatic N) is 3. The lowest BCUT2D eigenvalue weighted by Crippen LogP contribution is -2.40. The van der Waals surface area contributed by atoms with Gasteiger partial charge in [0.15, 0.2) is 4.80 Å². The van der Waals surface area contributed by atoms with Crippen molar-refractivity contribution in [3.05, 3.63) is 126 Å². The van der Waals surface area contributed by atoms with E-state index in [9.17, 15) is 14.4 Å². The molecule has 2 aromatic heterocycles. The van der Waals surface area contributed by atoms with Gasteiger partial charge in [0.2, 0.25) is 0 Å². The van der Waals surface area contributed by atoms with Gasteiger partial charge in [-0.3, -0.25) is 14.2 Å². The molecular weight excluding hydrogens is 530 g/mol. The number of carbonyl (C=O) groups is 2. The second kappa shape index (κ2) is 10.1. The number of rotatable bonds is 6. The monoisotopic (exact) mass is 553 g/mol. The van der Waals surface area contributed by atoms with Gasteiger partial charge in [-0.2, -0.15) is 0 Å². The molecule has 39 heavy (non-hydrogen) atoms. The average molecular weight is 554 g/mol. The number of amides is 1. The minimum Gasteiger partial charge on any atom is -0.463 e. The van der Waals surface area contributed by atoms with Crippen LogP contribution < -0.4 is 19.8 Å². The highest BCUT2D eigenvalue weighted by molar-refractivity contribution is 7.10. The largest absolute Gasteiger partial charge is 0.463 e. The Balaban J connectivity index is 1.70. The van der Waals surface area contributed by atoms with Crippen molar-refractivity contribution < 1.29 is 14.3 Å². The summed E-state index contributed by atoms with van der Waals surface area (Å²) < 4.78 is 7.31. The van der Waals surface area contributed by atoms with E-state index in [0.717, 1.165) is 27.5 Å². The summed E-state index contributed by atoms with van der Waals surface area (Å²) in [5.74, 6) is -0.794. The van der Waals surface area contributed by atoms with Gasteiger partial charge in [0.1, 0.15) is 10.6 Å². The van der Waals surface area contributed by atoms with Crippen molar-refractivity contribution >= 4 is 51.5 Å². The molecule has 2 aromatic carbocycles. The van der Waals surface area contributed by atoms with Gasteiger partial charge in [-0.15, -0.1) is 17.9 Å². The summed E-state index contributed by atoms with van der Waals surface area (Å²) in [5, 5.41) is 1.91. The fourth-order valence-electron chi connectivity index (χ4n) is 5.02. The number of thiazole rings is 1. The lowest BCUT2D eigenvalue weighted by atomic mass is 9.97. The van der Waals surface area contributed by atoms with Crippen LogP contribution in [0.4, 0.5) is 5.69 Å². The summed E-state index contributed by atoms with van der Waals surface area (Å²) in [4.78, 5) is 49.1. The Morgan fingerprint density at radius 1 is 1.08 bits per heavy atom. The third kappa shape index (κ3) is 4.02. The zero-order chi connectivity index (χ0) is 27.1. The number of hydrogen-bond donors (Lipinski definition) is 0. The van der Waals surface area contributed by atoms with E-state index in [4.69, 9.17) is 9.73 Å². The first-order valence-corrected chi connectivity index (χ1v) is 14.1. The summed E-state index contributed by atoms with van der Waals surface area (Å²) in [6.45, 7) is 6.03. The highest BCUT2D eigenvalue weighted by Gasteiger charge is 2.38. The topological polar surface area (TPSA) is 81.0 Å². The van der Waals surface area contributed by atoms with Gasteiger partial charge in [0.05, 0.1) is 29.1 Å². The lowest BCUT2D eigenvalue weighted by Gasteiger charge is -2.24. The number of esters is 1. The highest BCUT2D eigenvalue weighted by Crippen LogP contribution is 2.38. The molecule has 2 aliphatic heterocycles. The van der Waals surface area contributed by atoms with E-state index in [1.54, 1.807) is 17.9 Å². The SMILES string of the molecule is C=CCN1C(=O)/C(=c2/sc3n(c2=O)[C@H](c2cccs2)C(C(=O)OCC)=C(c2ccccc2)N=3)c2ccccc21. The van der Waals surface area contributed by atoms with Crippen molar-refractivity contribution in [2.75, 3.05) is 18.1 Å². The quantitative estimate of drug-likeness (QED) is 0.268. The molecule has 4 aromatic rings. The van der Waals surface area contributed by atoms with Gasteiger partial charge in [0, 0.05) is 22.5 Å². The summed E-state index contributed by atoms with van der Waals surface area (Å²) in [6, 6.07) is 19.8. The molecule has 1 atom stereocenters. The Hall–Kier alpha value is -4.34. The van der Waals surface area contributed by atoms with E-state index in [0.29, 0.717) is 33.8 Å². The molecular formula is C30H23N3O4S2. The molecule has 7 nitrogen and oxygen atoms in total. The number of hydrogen-bond acceptors (Lipinski definition) is 7. The van der Waals surface area contributed by atoms with Gasteiger partial charge in [0.25, 0.3) is 11.5 Å². The zero-order valence-electron chi connectivity index (χ0n) is 21.0. The number of fused-ring (bicyclic) bond motifs is 2. The number of thiophene rings is 1.